The first kappa shape index (κ1) is 15.0. The van der Waals surface area contributed by atoms with Gasteiger partial charge in [-0.2, -0.15) is 0 Å². The van der Waals surface area contributed by atoms with Crippen molar-refractivity contribution < 1.29 is 9.31 Å². The molecule has 104 valence electrons. The normalized spacial score (nSPS) is 20.8. The van der Waals surface area contributed by atoms with Gasteiger partial charge in [0.15, 0.2) is 0 Å². The molecule has 1 aliphatic heterocycles. The lowest BCUT2D eigenvalue weighted by molar-refractivity contribution is 0.00578. The fourth-order valence-corrected chi connectivity index (χ4v) is 2.71. The summed E-state index contributed by atoms with van der Waals surface area (Å²) in [5.41, 5.74) is 8.51. The molecule has 5 heteroatoms. The van der Waals surface area contributed by atoms with E-state index < -0.39 is 0 Å². The quantitative estimate of drug-likeness (QED) is 0.685. The molecule has 1 heterocycles. The van der Waals surface area contributed by atoms with Crippen LogP contribution in [0.15, 0.2) is 18.2 Å². The Hall–Kier alpha value is -0.355. The highest BCUT2D eigenvalue weighted by molar-refractivity contribution is 9.08. The lowest BCUT2D eigenvalue weighted by Crippen LogP contribution is -2.41. The van der Waals surface area contributed by atoms with E-state index in [0.29, 0.717) is 6.54 Å². The van der Waals surface area contributed by atoms with E-state index in [0.717, 1.165) is 16.4 Å². The van der Waals surface area contributed by atoms with Gasteiger partial charge in [-0.1, -0.05) is 34.1 Å². The number of nitrogens with two attached hydrogens (primary N) is 1. The standard InChI is InChI=1S/C14H21BBrNO2/c1-13(2)14(3,4)19-15(18-13)12-10(8-16)6-5-7-11(12)9-17/h5-7H,8-9,17H2,1-4H3. The van der Waals surface area contributed by atoms with Gasteiger partial charge in [-0.15, -0.1) is 0 Å². The van der Waals surface area contributed by atoms with Crippen molar-refractivity contribution in [3.8, 4) is 0 Å². The molecular formula is C14H21BBrNO2. The molecule has 3 nitrogen and oxygen atoms in total. The van der Waals surface area contributed by atoms with Crippen molar-refractivity contribution in [2.24, 2.45) is 5.73 Å². The molecular weight excluding hydrogens is 305 g/mol. The second-order valence-corrected chi connectivity index (χ2v) is 6.48. The van der Waals surface area contributed by atoms with Gasteiger partial charge in [0.1, 0.15) is 0 Å². The third kappa shape index (κ3) is 2.61. The van der Waals surface area contributed by atoms with Crippen LogP contribution in [0.4, 0.5) is 0 Å². The van der Waals surface area contributed by atoms with Gasteiger partial charge in [0.2, 0.25) is 0 Å². The van der Waals surface area contributed by atoms with Crippen LogP contribution in [0.3, 0.4) is 0 Å². The average molecular weight is 326 g/mol. The van der Waals surface area contributed by atoms with E-state index in [2.05, 4.69) is 49.7 Å². The lowest BCUT2D eigenvalue weighted by Gasteiger charge is -2.32. The van der Waals surface area contributed by atoms with Gasteiger partial charge in [0.05, 0.1) is 11.2 Å². The van der Waals surface area contributed by atoms with Crippen LogP contribution in [-0.4, -0.2) is 18.3 Å². The highest BCUT2D eigenvalue weighted by Gasteiger charge is 2.52. The van der Waals surface area contributed by atoms with Crippen molar-refractivity contribution in [3.63, 3.8) is 0 Å². The second-order valence-electron chi connectivity index (χ2n) is 5.92. The van der Waals surface area contributed by atoms with Crippen molar-refractivity contribution in [2.45, 2.75) is 50.8 Å². The van der Waals surface area contributed by atoms with Gasteiger partial charge < -0.3 is 15.0 Å². The van der Waals surface area contributed by atoms with Gasteiger partial charge >= 0.3 is 7.12 Å². The van der Waals surface area contributed by atoms with E-state index in [9.17, 15) is 0 Å². The fourth-order valence-electron chi connectivity index (χ4n) is 2.22. The fraction of sp³-hybridized carbons (Fsp3) is 0.571. The van der Waals surface area contributed by atoms with Crippen LogP contribution < -0.4 is 11.2 Å². The molecule has 0 bridgehead atoms. The molecule has 0 saturated carbocycles. The molecule has 0 unspecified atom stereocenters. The largest absolute Gasteiger partial charge is 0.495 e. The molecule has 1 saturated heterocycles. The SMILES string of the molecule is CC1(C)OB(c2c(CN)cccc2CBr)OC1(C)C. The summed E-state index contributed by atoms with van der Waals surface area (Å²) in [4.78, 5) is 0. The summed E-state index contributed by atoms with van der Waals surface area (Å²) in [6, 6.07) is 6.13. The maximum absolute atomic E-state index is 6.14. The van der Waals surface area contributed by atoms with Gasteiger partial charge in [0.25, 0.3) is 0 Å². The van der Waals surface area contributed by atoms with Crippen LogP contribution in [-0.2, 0) is 21.2 Å². The van der Waals surface area contributed by atoms with Gasteiger partial charge in [-0.3, -0.25) is 0 Å². The molecule has 2 rings (SSSR count). The summed E-state index contributed by atoms with van der Waals surface area (Å²) in [5.74, 6) is 0. The van der Waals surface area contributed by atoms with E-state index in [-0.39, 0.29) is 18.3 Å². The van der Waals surface area contributed by atoms with E-state index in [4.69, 9.17) is 15.0 Å². The Morgan fingerprint density at radius 3 is 2.11 bits per heavy atom. The Morgan fingerprint density at radius 2 is 1.63 bits per heavy atom. The highest BCUT2D eigenvalue weighted by atomic mass is 79.9. The zero-order valence-electron chi connectivity index (χ0n) is 12.0. The molecule has 19 heavy (non-hydrogen) atoms. The van der Waals surface area contributed by atoms with E-state index in [1.165, 1.54) is 5.56 Å². The Morgan fingerprint density at radius 1 is 1.11 bits per heavy atom. The number of rotatable bonds is 3. The van der Waals surface area contributed by atoms with Crippen LogP contribution in [0.5, 0.6) is 0 Å². The first-order valence-electron chi connectivity index (χ1n) is 6.54. The number of hydrogen-bond donors (Lipinski definition) is 1. The number of alkyl halides is 1. The number of halogens is 1. The molecule has 0 spiro atoms. The molecule has 1 aromatic rings. The molecule has 2 N–H and O–H groups in total. The predicted molar refractivity (Wildman–Crippen MR) is 82.7 cm³/mol. The van der Waals surface area contributed by atoms with Crippen molar-refractivity contribution >= 4 is 28.5 Å². The Labute approximate surface area is 124 Å². The zero-order chi connectivity index (χ0) is 14.3. The minimum absolute atomic E-state index is 0.330. The zero-order valence-corrected chi connectivity index (χ0v) is 13.6. The van der Waals surface area contributed by atoms with Crippen molar-refractivity contribution in [1.82, 2.24) is 0 Å². The molecule has 1 fully saturated rings. The molecule has 0 atom stereocenters. The summed E-state index contributed by atoms with van der Waals surface area (Å²) < 4.78 is 12.3. The van der Waals surface area contributed by atoms with Crippen LogP contribution in [0, 0.1) is 0 Å². The summed E-state index contributed by atoms with van der Waals surface area (Å²) in [6.07, 6.45) is 0. The molecule has 0 radical (unpaired) electrons. The van der Waals surface area contributed by atoms with Crippen LogP contribution in [0.1, 0.15) is 38.8 Å². The van der Waals surface area contributed by atoms with Crippen LogP contribution >= 0.6 is 15.9 Å². The number of hydrogen-bond acceptors (Lipinski definition) is 3. The highest BCUT2D eigenvalue weighted by Crippen LogP contribution is 2.37. The first-order valence-corrected chi connectivity index (χ1v) is 7.67. The first-order chi connectivity index (χ1) is 8.82. The van der Waals surface area contributed by atoms with Crippen molar-refractivity contribution in [1.29, 1.82) is 0 Å². The molecule has 1 aliphatic rings. The lowest BCUT2D eigenvalue weighted by atomic mass is 9.73. The monoisotopic (exact) mass is 325 g/mol. The number of benzene rings is 1. The smallest absolute Gasteiger partial charge is 0.399 e. The molecule has 0 amide bonds. The van der Waals surface area contributed by atoms with E-state index in [1.54, 1.807) is 0 Å². The Bertz CT molecular complexity index is 438. The summed E-state index contributed by atoms with van der Waals surface area (Å²) >= 11 is 3.52. The van der Waals surface area contributed by atoms with Crippen LogP contribution in [0.25, 0.3) is 0 Å². The third-order valence-corrected chi connectivity index (χ3v) is 4.74. The third-order valence-electron chi connectivity index (χ3n) is 4.14. The minimum atomic E-state index is -0.350. The topological polar surface area (TPSA) is 44.5 Å². The maximum atomic E-state index is 6.14. The minimum Gasteiger partial charge on any atom is -0.399 e. The maximum Gasteiger partial charge on any atom is 0.495 e. The predicted octanol–water partition coefficient (Wildman–Crippen LogP) is 2.34. The molecule has 1 aromatic carbocycles. The van der Waals surface area contributed by atoms with Crippen LogP contribution in [0.2, 0.25) is 0 Å². The van der Waals surface area contributed by atoms with Gasteiger partial charge in [0, 0.05) is 11.9 Å². The second kappa shape index (κ2) is 5.21. The van der Waals surface area contributed by atoms with Crippen molar-refractivity contribution in [2.75, 3.05) is 0 Å². The van der Waals surface area contributed by atoms with Gasteiger partial charge in [-0.05, 0) is 44.3 Å². The average Bonchev–Trinajstić information content (AvgIpc) is 2.57. The summed E-state index contributed by atoms with van der Waals surface area (Å²) in [6.45, 7) is 8.73. The van der Waals surface area contributed by atoms with Gasteiger partial charge in [-0.25, -0.2) is 0 Å². The molecule has 0 aromatic heterocycles. The van der Waals surface area contributed by atoms with E-state index in [1.807, 2.05) is 12.1 Å². The van der Waals surface area contributed by atoms with Crippen molar-refractivity contribution in [3.05, 3.63) is 29.3 Å². The Balaban J connectivity index is 2.44. The summed E-state index contributed by atoms with van der Waals surface area (Å²) in [5, 5.41) is 0.764. The van der Waals surface area contributed by atoms with E-state index >= 15 is 0 Å². The molecule has 0 aliphatic carbocycles. The Kier molecular flexibility index (Phi) is 4.12. The summed E-state index contributed by atoms with van der Waals surface area (Å²) in [7, 11) is -0.350.